The van der Waals surface area contributed by atoms with Crippen molar-refractivity contribution in [3.63, 3.8) is 0 Å². The zero-order chi connectivity index (χ0) is 17.3. The van der Waals surface area contributed by atoms with Crippen LogP contribution in [0.3, 0.4) is 0 Å². The maximum absolute atomic E-state index is 10.4. The van der Waals surface area contributed by atoms with Gasteiger partial charge in [0.05, 0.1) is 0 Å². The normalized spacial score (nSPS) is 21.1. The van der Waals surface area contributed by atoms with Gasteiger partial charge < -0.3 is 20.4 Å². The average Bonchev–Trinajstić information content (AvgIpc) is 2.53. The molecule has 0 spiro atoms. The second-order valence-corrected chi connectivity index (χ2v) is 6.98. The van der Waals surface area contributed by atoms with E-state index in [1.54, 1.807) is 24.3 Å². The summed E-state index contributed by atoms with van der Waals surface area (Å²) in [6.07, 6.45) is 4.29. The topological polar surface area (TPSA) is 80.9 Å². The summed E-state index contributed by atoms with van der Waals surface area (Å²) in [5.74, 6) is 0.927. The van der Waals surface area contributed by atoms with E-state index < -0.39 is 0 Å². The number of hydrogen-bond acceptors (Lipinski definition) is 4. The third-order valence-electron chi connectivity index (χ3n) is 5.23. The average molecular weight is 328 g/mol. The lowest BCUT2D eigenvalue weighted by Crippen LogP contribution is -2.20. The maximum Gasteiger partial charge on any atom is 0.123 e. The van der Waals surface area contributed by atoms with Gasteiger partial charge in [-0.05, 0) is 36.8 Å². The van der Waals surface area contributed by atoms with E-state index in [0.717, 1.165) is 25.7 Å². The molecular formula is C20H24O4. The van der Waals surface area contributed by atoms with Gasteiger partial charge in [0.25, 0.3) is 0 Å². The van der Waals surface area contributed by atoms with Crippen LogP contribution in [0.2, 0.25) is 0 Å². The fourth-order valence-electron chi connectivity index (χ4n) is 3.88. The molecule has 24 heavy (non-hydrogen) atoms. The minimum absolute atomic E-state index is 0.0159. The standard InChI is InChI=1S/C20H24O4/c1-12-2-4-13(5-3-12)20(16-8-6-14(21)10-18(16)23)17-9-7-15(22)11-19(17)24/h6-13,20-24H,2-5H2,1H3. The first-order valence-electron chi connectivity index (χ1n) is 8.49. The maximum atomic E-state index is 10.4. The highest BCUT2D eigenvalue weighted by Crippen LogP contribution is 2.47. The molecule has 0 aliphatic heterocycles. The molecule has 0 saturated heterocycles. The van der Waals surface area contributed by atoms with Crippen LogP contribution in [0.1, 0.15) is 49.7 Å². The fourth-order valence-corrected chi connectivity index (χ4v) is 3.88. The molecule has 0 bridgehead atoms. The Hall–Kier alpha value is -2.36. The highest BCUT2D eigenvalue weighted by molar-refractivity contribution is 5.50. The van der Waals surface area contributed by atoms with E-state index in [9.17, 15) is 20.4 Å². The molecule has 2 aromatic carbocycles. The molecule has 2 aromatic rings. The van der Waals surface area contributed by atoms with Gasteiger partial charge in [-0.3, -0.25) is 0 Å². The van der Waals surface area contributed by atoms with Crippen molar-refractivity contribution in [1.29, 1.82) is 0 Å². The second-order valence-electron chi connectivity index (χ2n) is 6.98. The van der Waals surface area contributed by atoms with Crippen molar-refractivity contribution in [3.8, 4) is 23.0 Å². The van der Waals surface area contributed by atoms with Crippen molar-refractivity contribution in [2.24, 2.45) is 11.8 Å². The SMILES string of the molecule is CC1CCC(C(c2ccc(O)cc2O)c2ccc(O)cc2O)CC1. The van der Waals surface area contributed by atoms with Crippen LogP contribution >= 0.6 is 0 Å². The van der Waals surface area contributed by atoms with Crippen LogP contribution in [0.4, 0.5) is 0 Å². The van der Waals surface area contributed by atoms with Gasteiger partial charge in [-0.2, -0.15) is 0 Å². The summed E-state index contributed by atoms with van der Waals surface area (Å²) < 4.78 is 0. The number of hydrogen-bond donors (Lipinski definition) is 4. The first kappa shape index (κ1) is 16.5. The lowest BCUT2D eigenvalue weighted by Gasteiger charge is -2.34. The third kappa shape index (κ3) is 3.28. The molecule has 0 amide bonds. The van der Waals surface area contributed by atoms with Crippen LogP contribution < -0.4 is 0 Å². The first-order chi connectivity index (χ1) is 11.5. The summed E-state index contributed by atoms with van der Waals surface area (Å²) in [5.41, 5.74) is 1.40. The number of rotatable bonds is 3. The minimum atomic E-state index is -0.168. The zero-order valence-corrected chi connectivity index (χ0v) is 13.8. The molecule has 0 aromatic heterocycles. The number of benzene rings is 2. The Morgan fingerprint density at radius 2 is 1.21 bits per heavy atom. The van der Waals surface area contributed by atoms with Gasteiger partial charge in [0.2, 0.25) is 0 Å². The summed E-state index contributed by atoms with van der Waals surface area (Å²) in [5, 5.41) is 39.9. The molecule has 128 valence electrons. The number of phenolic OH excluding ortho intramolecular Hbond substituents is 4. The Morgan fingerprint density at radius 3 is 1.62 bits per heavy atom. The smallest absolute Gasteiger partial charge is 0.123 e. The van der Waals surface area contributed by atoms with Gasteiger partial charge in [0.1, 0.15) is 23.0 Å². The van der Waals surface area contributed by atoms with Gasteiger partial charge in [0, 0.05) is 29.2 Å². The fraction of sp³-hybridized carbons (Fsp3) is 0.400. The highest BCUT2D eigenvalue weighted by Gasteiger charge is 2.31. The third-order valence-corrected chi connectivity index (χ3v) is 5.23. The van der Waals surface area contributed by atoms with Gasteiger partial charge in [0.15, 0.2) is 0 Å². The van der Waals surface area contributed by atoms with Crippen LogP contribution in [-0.4, -0.2) is 20.4 Å². The summed E-state index contributed by atoms with van der Waals surface area (Å²) in [6.45, 7) is 2.25. The summed E-state index contributed by atoms with van der Waals surface area (Å²) in [4.78, 5) is 0. The van der Waals surface area contributed by atoms with Gasteiger partial charge in [-0.15, -0.1) is 0 Å². The summed E-state index contributed by atoms with van der Waals surface area (Å²) in [6, 6.07) is 9.24. The van der Waals surface area contributed by atoms with E-state index in [1.807, 2.05) is 0 Å². The van der Waals surface area contributed by atoms with E-state index >= 15 is 0 Å². The summed E-state index contributed by atoms with van der Waals surface area (Å²) >= 11 is 0. The largest absolute Gasteiger partial charge is 0.508 e. The van der Waals surface area contributed by atoms with Gasteiger partial charge in [-0.25, -0.2) is 0 Å². The molecule has 1 aliphatic rings. The molecule has 1 fully saturated rings. The molecule has 4 N–H and O–H groups in total. The van der Waals surface area contributed by atoms with Crippen LogP contribution in [0, 0.1) is 11.8 Å². The van der Waals surface area contributed by atoms with Crippen LogP contribution in [0.15, 0.2) is 36.4 Å². The number of phenols is 4. The molecule has 4 nitrogen and oxygen atoms in total. The first-order valence-corrected chi connectivity index (χ1v) is 8.49. The highest BCUT2D eigenvalue weighted by atomic mass is 16.3. The molecule has 4 heteroatoms. The van der Waals surface area contributed by atoms with Crippen LogP contribution in [0.25, 0.3) is 0 Å². The zero-order valence-electron chi connectivity index (χ0n) is 13.8. The molecular weight excluding hydrogens is 304 g/mol. The predicted molar refractivity (Wildman–Crippen MR) is 92.5 cm³/mol. The molecule has 1 saturated carbocycles. The lowest BCUT2D eigenvalue weighted by molar-refractivity contribution is 0.264. The van der Waals surface area contributed by atoms with Crippen molar-refractivity contribution < 1.29 is 20.4 Å². The van der Waals surface area contributed by atoms with Crippen molar-refractivity contribution in [2.45, 2.75) is 38.5 Å². The monoisotopic (exact) mass is 328 g/mol. The second kappa shape index (κ2) is 6.63. The predicted octanol–water partition coefficient (Wildman–Crippen LogP) is 4.47. The Kier molecular flexibility index (Phi) is 4.56. The Labute approximate surface area is 142 Å². The molecule has 3 rings (SSSR count). The minimum Gasteiger partial charge on any atom is -0.508 e. The Balaban J connectivity index is 2.06. The van der Waals surface area contributed by atoms with Crippen molar-refractivity contribution in [3.05, 3.63) is 47.5 Å². The molecule has 0 unspecified atom stereocenters. The van der Waals surface area contributed by atoms with Crippen molar-refractivity contribution in [1.82, 2.24) is 0 Å². The molecule has 0 radical (unpaired) electrons. The quantitative estimate of drug-likeness (QED) is 0.670. The van der Waals surface area contributed by atoms with Crippen LogP contribution in [0.5, 0.6) is 23.0 Å². The molecule has 1 aliphatic carbocycles. The van der Waals surface area contributed by atoms with E-state index in [-0.39, 0.29) is 28.9 Å². The van der Waals surface area contributed by atoms with Gasteiger partial charge >= 0.3 is 0 Å². The summed E-state index contributed by atoms with van der Waals surface area (Å²) in [7, 11) is 0. The van der Waals surface area contributed by atoms with E-state index in [4.69, 9.17) is 0 Å². The Morgan fingerprint density at radius 1 is 0.750 bits per heavy atom. The lowest BCUT2D eigenvalue weighted by atomic mass is 9.71. The van der Waals surface area contributed by atoms with Crippen molar-refractivity contribution in [2.75, 3.05) is 0 Å². The van der Waals surface area contributed by atoms with Crippen LogP contribution in [-0.2, 0) is 0 Å². The van der Waals surface area contributed by atoms with Gasteiger partial charge in [-0.1, -0.05) is 31.9 Å². The van der Waals surface area contributed by atoms with E-state index in [0.29, 0.717) is 23.0 Å². The van der Waals surface area contributed by atoms with E-state index in [2.05, 4.69) is 6.92 Å². The van der Waals surface area contributed by atoms with Crippen molar-refractivity contribution >= 4 is 0 Å². The van der Waals surface area contributed by atoms with E-state index in [1.165, 1.54) is 12.1 Å². The molecule has 0 heterocycles. The molecule has 0 atom stereocenters. The number of aromatic hydroxyl groups is 4. The Bertz CT molecular complexity index is 666.